The van der Waals surface area contributed by atoms with E-state index in [1.807, 2.05) is 16.4 Å². The Balaban J connectivity index is 2.05. The van der Waals surface area contributed by atoms with E-state index in [-0.39, 0.29) is 5.91 Å². The SMILES string of the molecule is Cc1cc(C)cc(-n2nc3c(c2NC(=O)CCCl)CSC3)c1. The highest BCUT2D eigenvalue weighted by Gasteiger charge is 2.24. The van der Waals surface area contributed by atoms with E-state index in [0.717, 1.165) is 34.3 Å². The van der Waals surface area contributed by atoms with E-state index in [9.17, 15) is 4.79 Å². The molecule has 0 unspecified atom stereocenters. The Morgan fingerprint density at radius 3 is 2.73 bits per heavy atom. The number of carbonyl (C=O) groups excluding carboxylic acids is 1. The molecule has 22 heavy (non-hydrogen) atoms. The average Bonchev–Trinajstić information content (AvgIpc) is 3.00. The molecule has 1 aliphatic heterocycles. The van der Waals surface area contributed by atoms with Gasteiger partial charge in [0.05, 0.1) is 11.4 Å². The first-order valence-electron chi connectivity index (χ1n) is 7.21. The lowest BCUT2D eigenvalue weighted by Gasteiger charge is -2.12. The molecule has 0 bridgehead atoms. The number of thioether (sulfide) groups is 1. The van der Waals surface area contributed by atoms with Crippen molar-refractivity contribution in [1.29, 1.82) is 0 Å². The molecular formula is C16H18ClN3OS. The molecule has 3 rings (SSSR count). The van der Waals surface area contributed by atoms with Crippen LogP contribution in [0, 0.1) is 13.8 Å². The number of hydrogen-bond acceptors (Lipinski definition) is 3. The van der Waals surface area contributed by atoms with E-state index in [1.54, 1.807) is 0 Å². The standard InChI is InChI=1S/C16H18ClN3OS/c1-10-5-11(2)7-12(6-10)20-16(18-15(21)3-4-17)13-8-22-9-14(13)19-20/h5-7H,3-4,8-9H2,1-2H3,(H,18,21). The number of anilines is 1. The maximum atomic E-state index is 12.0. The van der Waals surface area contributed by atoms with Gasteiger partial charge in [-0.25, -0.2) is 4.68 Å². The first-order valence-corrected chi connectivity index (χ1v) is 8.90. The monoisotopic (exact) mass is 335 g/mol. The van der Waals surface area contributed by atoms with E-state index in [0.29, 0.717) is 12.3 Å². The Morgan fingerprint density at radius 2 is 2.05 bits per heavy atom. The van der Waals surface area contributed by atoms with Crippen molar-refractivity contribution >= 4 is 35.1 Å². The van der Waals surface area contributed by atoms with Crippen molar-refractivity contribution < 1.29 is 4.79 Å². The molecule has 0 spiro atoms. The van der Waals surface area contributed by atoms with Crippen molar-refractivity contribution in [3.8, 4) is 5.69 Å². The number of nitrogens with zero attached hydrogens (tertiary/aromatic N) is 2. The fraction of sp³-hybridized carbons (Fsp3) is 0.375. The highest BCUT2D eigenvalue weighted by molar-refractivity contribution is 7.98. The van der Waals surface area contributed by atoms with Crippen LogP contribution in [0.1, 0.15) is 28.8 Å². The number of nitrogens with one attached hydrogen (secondary N) is 1. The van der Waals surface area contributed by atoms with Crippen LogP contribution in [-0.4, -0.2) is 21.6 Å². The molecule has 6 heteroatoms. The molecule has 116 valence electrons. The first-order chi connectivity index (χ1) is 10.6. The van der Waals surface area contributed by atoms with Gasteiger partial charge in [0.1, 0.15) is 5.82 Å². The van der Waals surface area contributed by atoms with Gasteiger partial charge in [-0.2, -0.15) is 16.9 Å². The molecule has 1 aliphatic rings. The van der Waals surface area contributed by atoms with Crippen LogP contribution < -0.4 is 5.32 Å². The molecule has 0 radical (unpaired) electrons. The third kappa shape index (κ3) is 3.01. The molecule has 1 aromatic heterocycles. The van der Waals surface area contributed by atoms with Crippen molar-refractivity contribution in [3.63, 3.8) is 0 Å². The van der Waals surface area contributed by atoms with E-state index in [4.69, 9.17) is 16.7 Å². The smallest absolute Gasteiger partial charge is 0.226 e. The Bertz CT molecular complexity index is 706. The Labute approximate surface area is 139 Å². The van der Waals surface area contributed by atoms with E-state index < -0.39 is 0 Å². The molecule has 4 nitrogen and oxygen atoms in total. The zero-order valence-electron chi connectivity index (χ0n) is 12.6. The van der Waals surface area contributed by atoms with E-state index >= 15 is 0 Å². The maximum absolute atomic E-state index is 12.0. The number of amides is 1. The van der Waals surface area contributed by atoms with Crippen LogP contribution in [0.15, 0.2) is 18.2 Å². The minimum Gasteiger partial charge on any atom is -0.310 e. The van der Waals surface area contributed by atoms with Gasteiger partial charge in [0, 0.05) is 29.4 Å². The van der Waals surface area contributed by atoms with Gasteiger partial charge in [-0.05, 0) is 37.1 Å². The summed E-state index contributed by atoms with van der Waals surface area (Å²) in [5.41, 5.74) is 5.53. The number of carbonyl (C=O) groups is 1. The second-order valence-electron chi connectivity index (χ2n) is 5.51. The van der Waals surface area contributed by atoms with Gasteiger partial charge < -0.3 is 5.32 Å². The molecule has 1 amide bonds. The zero-order valence-corrected chi connectivity index (χ0v) is 14.2. The molecule has 0 saturated heterocycles. The molecule has 2 heterocycles. The van der Waals surface area contributed by atoms with Crippen LogP contribution >= 0.6 is 23.4 Å². The summed E-state index contributed by atoms with van der Waals surface area (Å²) in [6.45, 7) is 4.13. The Hall–Kier alpha value is -1.46. The highest BCUT2D eigenvalue weighted by Crippen LogP contribution is 2.36. The minimum absolute atomic E-state index is 0.0692. The van der Waals surface area contributed by atoms with Gasteiger partial charge in [-0.15, -0.1) is 11.6 Å². The number of fused-ring (bicyclic) bond motifs is 1. The highest BCUT2D eigenvalue weighted by atomic mass is 35.5. The second-order valence-corrected chi connectivity index (χ2v) is 6.88. The van der Waals surface area contributed by atoms with Crippen LogP contribution in [0.4, 0.5) is 5.82 Å². The number of rotatable bonds is 4. The Morgan fingerprint density at radius 1 is 1.32 bits per heavy atom. The maximum Gasteiger partial charge on any atom is 0.226 e. The summed E-state index contributed by atoms with van der Waals surface area (Å²) >= 11 is 7.49. The normalized spacial score (nSPS) is 13.2. The third-order valence-electron chi connectivity index (χ3n) is 3.58. The molecule has 0 aliphatic carbocycles. The molecule has 1 aromatic carbocycles. The largest absolute Gasteiger partial charge is 0.310 e. The number of aromatic nitrogens is 2. The summed E-state index contributed by atoms with van der Waals surface area (Å²) in [7, 11) is 0. The number of alkyl halides is 1. The predicted molar refractivity (Wildman–Crippen MR) is 92.0 cm³/mol. The van der Waals surface area contributed by atoms with Crippen molar-refractivity contribution in [2.75, 3.05) is 11.2 Å². The van der Waals surface area contributed by atoms with Gasteiger partial charge in [-0.1, -0.05) is 6.07 Å². The fourth-order valence-electron chi connectivity index (χ4n) is 2.68. The molecular weight excluding hydrogens is 318 g/mol. The Kier molecular flexibility index (Phi) is 4.45. The van der Waals surface area contributed by atoms with E-state index in [1.165, 1.54) is 11.1 Å². The summed E-state index contributed by atoms with van der Waals surface area (Å²) < 4.78 is 1.86. The summed E-state index contributed by atoms with van der Waals surface area (Å²) in [4.78, 5) is 12.0. The molecule has 0 fully saturated rings. The van der Waals surface area contributed by atoms with Crippen molar-refractivity contribution in [1.82, 2.24) is 9.78 Å². The number of halogens is 1. The fourth-order valence-corrected chi connectivity index (χ4v) is 3.89. The molecule has 0 saturated carbocycles. The molecule has 1 N–H and O–H groups in total. The topological polar surface area (TPSA) is 46.9 Å². The summed E-state index contributed by atoms with van der Waals surface area (Å²) in [5.74, 6) is 2.82. The summed E-state index contributed by atoms with van der Waals surface area (Å²) in [6, 6.07) is 6.29. The quantitative estimate of drug-likeness (QED) is 0.864. The van der Waals surface area contributed by atoms with Crippen LogP contribution in [0.25, 0.3) is 5.69 Å². The second kappa shape index (κ2) is 6.34. The minimum atomic E-state index is -0.0692. The number of benzene rings is 1. The van der Waals surface area contributed by atoms with Crippen molar-refractivity contribution in [2.24, 2.45) is 0 Å². The van der Waals surface area contributed by atoms with Crippen LogP contribution in [0.5, 0.6) is 0 Å². The van der Waals surface area contributed by atoms with Crippen LogP contribution in [-0.2, 0) is 16.3 Å². The lowest BCUT2D eigenvalue weighted by atomic mass is 10.1. The van der Waals surface area contributed by atoms with Crippen molar-refractivity contribution in [2.45, 2.75) is 31.8 Å². The summed E-state index contributed by atoms with van der Waals surface area (Å²) in [5, 5.41) is 7.70. The predicted octanol–water partition coefficient (Wildman–Crippen LogP) is 3.80. The molecule has 2 aromatic rings. The van der Waals surface area contributed by atoms with Gasteiger partial charge in [-0.3, -0.25) is 4.79 Å². The van der Waals surface area contributed by atoms with Gasteiger partial charge in [0.25, 0.3) is 0 Å². The lowest BCUT2D eigenvalue weighted by Crippen LogP contribution is -2.16. The lowest BCUT2D eigenvalue weighted by molar-refractivity contribution is -0.115. The molecule has 0 atom stereocenters. The number of aryl methyl sites for hydroxylation is 2. The van der Waals surface area contributed by atoms with Crippen LogP contribution in [0.2, 0.25) is 0 Å². The average molecular weight is 336 g/mol. The van der Waals surface area contributed by atoms with Crippen LogP contribution in [0.3, 0.4) is 0 Å². The summed E-state index contributed by atoms with van der Waals surface area (Å²) in [6.07, 6.45) is 0.307. The van der Waals surface area contributed by atoms with Crippen molar-refractivity contribution in [3.05, 3.63) is 40.6 Å². The van der Waals surface area contributed by atoms with Gasteiger partial charge in [0.15, 0.2) is 0 Å². The van der Waals surface area contributed by atoms with Gasteiger partial charge in [0.2, 0.25) is 5.91 Å². The van der Waals surface area contributed by atoms with Gasteiger partial charge >= 0.3 is 0 Å². The number of hydrogen-bond donors (Lipinski definition) is 1. The zero-order chi connectivity index (χ0) is 15.7. The first kappa shape index (κ1) is 15.4. The third-order valence-corrected chi connectivity index (χ3v) is 4.74. The van der Waals surface area contributed by atoms with E-state index in [2.05, 4.69) is 37.4 Å².